The number of aromatic nitrogens is 2. The monoisotopic (exact) mass is 288 g/mol. The summed E-state index contributed by atoms with van der Waals surface area (Å²) in [7, 11) is 1.87. The number of aryl methyl sites for hydroxylation is 1. The molecule has 1 amide bonds. The molecule has 0 saturated heterocycles. The predicted octanol–water partition coefficient (Wildman–Crippen LogP) is 1.64. The minimum absolute atomic E-state index is 0.214. The minimum atomic E-state index is -0.214. The lowest BCUT2D eigenvalue weighted by Gasteiger charge is -2.12. The molecule has 6 nitrogen and oxygen atoms in total. The van der Waals surface area contributed by atoms with Crippen molar-refractivity contribution in [2.45, 2.75) is 20.4 Å². The van der Waals surface area contributed by atoms with E-state index in [0.717, 1.165) is 11.3 Å². The van der Waals surface area contributed by atoms with E-state index in [2.05, 4.69) is 10.4 Å². The Kier molecular flexibility index (Phi) is 4.47. The number of carbonyl (C=O) groups is 1. The smallest absolute Gasteiger partial charge is 0.255 e. The molecule has 21 heavy (non-hydrogen) atoms. The highest BCUT2D eigenvalue weighted by Crippen LogP contribution is 2.26. The van der Waals surface area contributed by atoms with E-state index < -0.39 is 0 Å². The van der Waals surface area contributed by atoms with Gasteiger partial charge in [0.15, 0.2) is 5.75 Å². The van der Waals surface area contributed by atoms with Gasteiger partial charge in [-0.3, -0.25) is 9.48 Å². The number of anilines is 1. The Bertz CT molecular complexity index is 649. The molecular weight excluding hydrogens is 268 g/mol. The van der Waals surface area contributed by atoms with Crippen LogP contribution in [0, 0.1) is 6.92 Å². The molecule has 0 aliphatic carbocycles. The van der Waals surface area contributed by atoms with Gasteiger partial charge in [0, 0.05) is 24.8 Å². The highest BCUT2D eigenvalue weighted by Gasteiger charge is 2.15. The van der Waals surface area contributed by atoms with Gasteiger partial charge in [-0.15, -0.1) is 0 Å². The van der Waals surface area contributed by atoms with Crippen LogP contribution in [0.1, 0.15) is 28.5 Å². The van der Waals surface area contributed by atoms with E-state index in [0.29, 0.717) is 30.2 Å². The van der Waals surface area contributed by atoms with Crippen molar-refractivity contribution in [3.63, 3.8) is 0 Å². The van der Waals surface area contributed by atoms with Gasteiger partial charge in [-0.25, -0.2) is 0 Å². The molecular formula is C15H20N4O2. The molecule has 2 aromatic rings. The zero-order valence-electron chi connectivity index (χ0n) is 12.5. The van der Waals surface area contributed by atoms with Gasteiger partial charge in [-0.2, -0.15) is 5.10 Å². The lowest BCUT2D eigenvalue weighted by atomic mass is 10.1. The van der Waals surface area contributed by atoms with Gasteiger partial charge in [0.2, 0.25) is 0 Å². The first-order chi connectivity index (χ1) is 10.0. The lowest BCUT2D eigenvalue weighted by molar-refractivity contribution is 0.0947. The third-order valence-electron chi connectivity index (χ3n) is 3.36. The van der Waals surface area contributed by atoms with E-state index in [1.165, 1.54) is 0 Å². The minimum Gasteiger partial charge on any atom is -0.491 e. The topological polar surface area (TPSA) is 82.2 Å². The SMILES string of the molecule is CCOc1c(N)cccc1C(=O)NCc1cnn(C)c1C. The molecule has 2 rings (SSSR count). The quantitative estimate of drug-likeness (QED) is 0.819. The number of nitrogens with two attached hydrogens (primary N) is 1. The molecule has 0 unspecified atom stereocenters. The van der Waals surface area contributed by atoms with Gasteiger partial charge in [-0.1, -0.05) is 6.07 Å². The first-order valence-electron chi connectivity index (χ1n) is 6.81. The number of ether oxygens (including phenoxy) is 1. The molecule has 1 aromatic heterocycles. The van der Waals surface area contributed by atoms with Crippen LogP contribution >= 0.6 is 0 Å². The maximum atomic E-state index is 12.3. The molecule has 112 valence electrons. The molecule has 0 bridgehead atoms. The number of nitrogens with one attached hydrogen (secondary N) is 1. The number of carbonyl (C=O) groups excluding carboxylic acids is 1. The Hall–Kier alpha value is -2.50. The van der Waals surface area contributed by atoms with Crippen molar-refractivity contribution in [2.24, 2.45) is 7.05 Å². The highest BCUT2D eigenvalue weighted by molar-refractivity contribution is 5.98. The summed E-state index contributed by atoms with van der Waals surface area (Å²) in [6, 6.07) is 5.15. The Morgan fingerprint density at radius 1 is 1.48 bits per heavy atom. The maximum Gasteiger partial charge on any atom is 0.255 e. The number of para-hydroxylation sites is 1. The number of rotatable bonds is 5. The summed E-state index contributed by atoms with van der Waals surface area (Å²) in [4.78, 5) is 12.3. The number of benzene rings is 1. The molecule has 1 heterocycles. The number of amides is 1. The molecule has 0 saturated carbocycles. The van der Waals surface area contributed by atoms with Crippen LogP contribution in [-0.4, -0.2) is 22.3 Å². The summed E-state index contributed by atoms with van der Waals surface area (Å²) in [5, 5.41) is 7.02. The molecule has 0 radical (unpaired) electrons. The molecule has 0 spiro atoms. The molecule has 3 N–H and O–H groups in total. The lowest BCUT2D eigenvalue weighted by Crippen LogP contribution is -2.24. The standard InChI is InChI=1S/C15H20N4O2/c1-4-21-14-12(6-5-7-13(14)16)15(20)17-8-11-9-18-19(3)10(11)2/h5-7,9H,4,8,16H2,1-3H3,(H,17,20). The van der Waals surface area contributed by atoms with Crippen molar-refractivity contribution in [3.8, 4) is 5.75 Å². The fourth-order valence-corrected chi connectivity index (χ4v) is 2.03. The van der Waals surface area contributed by atoms with Gasteiger partial charge >= 0.3 is 0 Å². The van der Waals surface area contributed by atoms with Crippen molar-refractivity contribution in [1.29, 1.82) is 0 Å². The Morgan fingerprint density at radius 3 is 2.86 bits per heavy atom. The second-order valence-electron chi connectivity index (χ2n) is 4.72. The van der Waals surface area contributed by atoms with Crippen LogP contribution in [0.25, 0.3) is 0 Å². The number of hydrogen-bond donors (Lipinski definition) is 2. The number of hydrogen-bond acceptors (Lipinski definition) is 4. The zero-order chi connectivity index (χ0) is 15.4. The Morgan fingerprint density at radius 2 is 2.24 bits per heavy atom. The van der Waals surface area contributed by atoms with Crippen LogP contribution in [0.5, 0.6) is 5.75 Å². The summed E-state index contributed by atoms with van der Waals surface area (Å²) >= 11 is 0. The number of nitrogens with zero attached hydrogens (tertiary/aromatic N) is 2. The fourth-order valence-electron chi connectivity index (χ4n) is 2.03. The van der Waals surface area contributed by atoms with Gasteiger partial charge in [-0.05, 0) is 26.0 Å². The molecule has 0 aliphatic rings. The maximum absolute atomic E-state index is 12.3. The highest BCUT2D eigenvalue weighted by atomic mass is 16.5. The van der Waals surface area contributed by atoms with Crippen molar-refractivity contribution < 1.29 is 9.53 Å². The van der Waals surface area contributed by atoms with E-state index in [-0.39, 0.29) is 5.91 Å². The average Bonchev–Trinajstić information content (AvgIpc) is 2.78. The first-order valence-corrected chi connectivity index (χ1v) is 6.81. The van der Waals surface area contributed by atoms with Gasteiger partial charge < -0.3 is 15.8 Å². The third kappa shape index (κ3) is 3.16. The second-order valence-corrected chi connectivity index (χ2v) is 4.72. The fraction of sp³-hybridized carbons (Fsp3) is 0.333. The third-order valence-corrected chi connectivity index (χ3v) is 3.36. The Balaban J connectivity index is 2.14. The number of nitrogen functional groups attached to an aromatic ring is 1. The molecule has 1 aromatic carbocycles. The van der Waals surface area contributed by atoms with Crippen LogP contribution in [0.3, 0.4) is 0 Å². The zero-order valence-corrected chi connectivity index (χ0v) is 12.5. The van der Waals surface area contributed by atoms with Crippen LogP contribution in [0.4, 0.5) is 5.69 Å². The van der Waals surface area contributed by atoms with Crippen molar-refractivity contribution in [2.75, 3.05) is 12.3 Å². The van der Waals surface area contributed by atoms with Crippen LogP contribution in [0.2, 0.25) is 0 Å². The van der Waals surface area contributed by atoms with Crippen molar-refractivity contribution in [3.05, 3.63) is 41.2 Å². The van der Waals surface area contributed by atoms with E-state index in [9.17, 15) is 4.79 Å². The molecule has 0 fully saturated rings. The summed E-state index contributed by atoms with van der Waals surface area (Å²) < 4.78 is 7.24. The van der Waals surface area contributed by atoms with E-state index in [1.54, 1.807) is 29.1 Å². The summed E-state index contributed by atoms with van der Waals surface area (Å²) in [6.07, 6.45) is 1.75. The van der Waals surface area contributed by atoms with Crippen LogP contribution in [0.15, 0.2) is 24.4 Å². The van der Waals surface area contributed by atoms with Gasteiger partial charge in [0.05, 0.1) is 24.1 Å². The average molecular weight is 288 g/mol. The summed E-state index contributed by atoms with van der Waals surface area (Å²) in [6.45, 7) is 4.68. The summed E-state index contributed by atoms with van der Waals surface area (Å²) in [5.41, 5.74) is 8.77. The van der Waals surface area contributed by atoms with Crippen LogP contribution < -0.4 is 15.8 Å². The van der Waals surface area contributed by atoms with Crippen LogP contribution in [-0.2, 0) is 13.6 Å². The van der Waals surface area contributed by atoms with Crippen molar-refractivity contribution in [1.82, 2.24) is 15.1 Å². The van der Waals surface area contributed by atoms with Crippen molar-refractivity contribution >= 4 is 11.6 Å². The normalized spacial score (nSPS) is 10.4. The van der Waals surface area contributed by atoms with E-state index >= 15 is 0 Å². The predicted molar refractivity (Wildman–Crippen MR) is 81.1 cm³/mol. The van der Waals surface area contributed by atoms with E-state index in [4.69, 9.17) is 10.5 Å². The molecule has 0 atom stereocenters. The molecule has 6 heteroatoms. The summed E-state index contributed by atoms with van der Waals surface area (Å²) in [5.74, 6) is 0.217. The van der Waals surface area contributed by atoms with Gasteiger partial charge in [0.25, 0.3) is 5.91 Å². The molecule has 0 aliphatic heterocycles. The van der Waals surface area contributed by atoms with Gasteiger partial charge in [0.1, 0.15) is 0 Å². The first kappa shape index (κ1) is 14.9. The Labute approximate surface area is 123 Å². The van der Waals surface area contributed by atoms with E-state index in [1.807, 2.05) is 20.9 Å². The second kappa shape index (κ2) is 6.30. The largest absolute Gasteiger partial charge is 0.491 e.